The van der Waals surface area contributed by atoms with Gasteiger partial charge < -0.3 is 4.98 Å². The van der Waals surface area contributed by atoms with Crippen molar-refractivity contribution in [2.45, 2.75) is 32.4 Å². The van der Waals surface area contributed by atoms with Crippen molar-refractivity contribution in [2.75, 3.05) is 13.1 Å². The minimum atomic E-state index is -0.137. The lowest BCUT2D eigenvalue weighted by atomic mass is 10.0. The van der Waals surface area contributed by atoms with Crippen molar-refractivity contribution in [3.63, 3.8) is 0 Å². The lowest BCUT2D eigenvalue weighted by Gasteiger charge is -2.31. The van der Waals surface area contributed by atoms with E-state index in [0.717, 1.165) is 42.0 Å². The summed E-state index contributed by atoms with van der Waals surface area (Å²) in [4.78, 5) is 34.8. The smallest absolute Gasteiger partial charge is 0.306 e. The fourth-order valence-corrected chi connectivity index (χ4v) is 4.97. The van der Waals surface area contributed by atoms with E-state index in [9.17, 15) is 9.59 Å². The minimum Gasteiger partial charge on any atom is -0.306 e. The number of hydrogen-bond acceptors (Lipinski definition) is 6. The van der Waals surface area contributed by atoms with E-state index < -0.39 is 0 Å². The number of aromatic nitrogens is 5. The molecule has 28 heavy (non-hydrogen) atoms. The molecule has 1 fully saturated rings. The van der Waals surface area contributed by atoms with Gasteiger partial charge in [-0.05, 0) is 31.9 Å². The average Bonchev–Trinajstić information content (AvgIpc) is 3.22. The van der Waals surface area contributed by atoms with Gasteiger partial charge in [-0.1, -0.05) is 23.5 Å². The standard InChI is InChI=1S/C19H20N6O2S/c1-12-10-17(26)25-19(20-12)28-16(22-25)11-23-8-6-13(7-9-23)24-15-5-3-2-4-14(15)21-18(24)27/h2-5,10,13H,6-9,11H2,1H3,(H,21,27). The van der Waals surface area contributed by atoms with Gasteiger partial charge in [-0.25, -0.2) is 9.78 Å². The van der Waals surface area contributed by atoms with Crippen molar-refractivity contribution in [1.29, 1.82) is 0 Å². The molecule has 5 rings (SSSR count). The first-order valence-corrected chi connectivity index (χ1v) is 10.2. The topological polar surface area (TPSA) is 88.3 Å². The molecule has 8 nitrogen and oxygen atoms in total. The summed E-state index contributed by atoms with van der Waals surface area (Å²) >= 11 is 1.46. The summed E-state index contributed by atoms with van der Waals surface area (Å²) < 4.78 is 3.28. The summed E-state index contributed by atoms with van der Waals surface area (Å²) in [7, 11) is 0. The Hall–Kier alpha value is -2.78. The van der Waals surface area contributed by atoms with E-state index in [1.165, 1.54) is 21.9 Å². The Morgan fingerprint density at radius 3 is 2.82 bits per heavy atom. The molecule has 1 saturated heterocycles. The van der Waals surface area contributed by atoms with Crippen molar-refractivity contribution in [2.24, 2.45) is 0 Å². The highest BCUT2D eigenvalue weighted by Crippen LogP contribution is 2.26. The van der Waals surface area contributed by atoms with E-state index in [4.69, 9.17) is 0 Å². The second-order valence-corrected chi connectivity index (χ2v) is 8.29. The largest absolute Gasteiger partial charge is 0.326 e. The van der Waals surface area contributed by atoms with E-state index in [-0.39, 0.29) is 17.3 Å². The van der Waals surface area contributed by atoms with Crippen LogP contribution in [0.2, 0.25) is 0 Å². The summed E-state index contributed by atoms with van der Waals surface area (Å²) in [6, 6.07) is 9.53. The zero-order valence-corrected chi connectivity index (χ0v) is 16.3. The van der Waals surface area contributed by atoms with E-state index in [1.54, 1.807) is 0 Å². The molecular formula is C19H20N6O2S. The summed E-state index contributed by atoms with van der Waals surface area (Å²) in [6.45, 7) is 4.28. The normalized spacial score (nSPS) is 16.3. The van der Waals surface area contributed by atoms with Crippen LogP contribution in [0.5, 0.6) is 0 Å². The maximum Gasteiger partial charge on any atom is 0.326 e. The number of aryl methyl sites for hydroxylation is 1. The Bertz CT molecular complexity index is 1280. The predicted octanol–water partition coefficient (Wildman–Crippen LogP) is 1.94. The molecule has 0 amide bonds. The number of aromatic amines is 1. The quantitative estimate of drug-likeness (QED) is 0.572. The number of fused-ring (bicyclic) bond motifs is 2. The molecule has 0 saturated carbocycles. The Balaban J connectivity index is 1.32. The number of imidazole rings is 1. The van der Waals surface area contributed by atoms with Crippen LogP contribution in [0.15, 0.2) is 39.9 Å². The molecule has 1 aliphatic rings. The lowest BCUT2D eigenvalue weighted by molar-refractivity contribution is 0.179. The number of nitrogens with zero attached hydrogens (tertiary/aromatic N) is 5. The van der Waals surface area contributed by atoms with Crippen LogP contribution in [0.4, 0.5) is 0 Å². The summed E-state index contributed by atoms with van der Waals surface area (Å²) in [6.07, 6.45) is 1.81. The van der Waals surface area contributed by atoms with Gasteiger partial charge in [0.05, 0.1) is 17.6 Å². The molecule has 144 valence electrons. The van der Waals surface area contributed by atoms with Gasteiger partial charge in [0, 0.05) is 30.9 Å². The molecule has 1 aliphatic heterocycles. The second kappa shape index (κ2) is 6.68. The molecule has 0 radical (unpaired) electrons. The first-order chi connectivity index (χ1) is 13.6. The Morgan fingerprint density at radius 1 is 1.21 bits per heavy atom. The van der Waals surface area contributed by atoms with Crippen LogP contribution < -0.4 is 11.2 Å². The number of nitrogens with one attached hydrogen (secondary N) is 1. The van der Waals surface area contributed by atoms with Gasteiger partial charge in [0.1, 0.15) is 5.01 Å². The fraction of sp³-hybridized carbons (Fsp3) is 0.368. The van der Waals surface area contributed by atoms with Gasteiger partial charge in [-0.15, -0.1) is 0 Å². The van der Waals surface area contributed by atoms with E-state index >= 15 is 0 Å². The van der Waals surface area contributed by atoms with Gasteiger partial charge in [0.15, 0.2) is 0 Å². The van der Waals surface area contributed by atoms with Crippen molar-refractivity contribution in [3.8, 4) is 0 Å². The Labute approximate surface area is 164 Å². The summed E-state index contributed by atoms with van der Waals surface area (Å²) in [5, 5.41) is 5.32. The van der Waals surface area contributed by atoms with Gasteiger partial charge >= 0.3 is 5.69 Å². The van der Waals surface area contributed by atoms with Crippen LogP contribution in [-0.4, -0.2) is 42.1 Å². The predicted molar refractivity (Wildman–Crippen MR) is 108 cm³/mol. The van der Waals surface area contributed by atoms with Crippen LogP contribution in [-0.2, 0) is 6.54 Å². The SMILES string of the molecule is Cc1cc(=O)n2nc(CN3CCC(n4c(=O)[nH]c5ccccc54)CC3)sc2n1. The molecule has 0 bridgehead atoms. The molecule has 1 N–H and O–H groups in total. The van der Waals surface area contributed by atoms with Gasteiger partial charge in [0.25, 0.3) is 5.56 Å². The molecule has 0 spiro atoms. The van der Waals surface area contributed by atoms with Gasteiger partial charge in [-0.3, -0.25) is 14.3 Å². The van der Waals surface area contributed by atoms with Gasteiger partial charge in [-0.2, -0.15) is 9.61 Å². The third-order valence-corrected chi connectivity index (χ3v) is 6.21. The van der Waals surface area contributed by atoms with Crippen LogP contribution in [0.3, 0.4) is 0 Å². The zero-order chi connectivity index (χ0) is 19.3. The molecule has 0 aliphatic carbocycles. The minimum absolute atomic E-state index is 0.0355. The molecular weight excluding hydrogens is 376 g/mol. The fourth-order valence-electron chi connectivity index (χ4n) is 3.99. The highest BCUT2D eigenvalue weighted by atomic mass is 32.1. The third kappa shape index (κ3) is 2.96. The van der Waals surface area contributed by atoms with Crippen LogP contribution in [0, 0.1) is 6.92 Å². The van der Waals surface area contributed by atoms with E-state index in [2.05, 4.69) is 20.0 Å². The molecule has 0 unspecified atom stereocenters. The lowest BCUT2D eigenvalue weighted by Crippen LogP contribution is -2.36. The van der Waals surface area contributed by atoms with Gasteiger partial charge in [0.2, 0.25) is 4.96 Å². The number of hydrogen-bond donors (Lipinski definition) is 1. The molecule has 4 aromatic rings. The number of H-pyrrole nitrogens is 1. The Kier molecular flexibility index (Phi) is 4.13. The molecule has 1 aromatic carbocycles. The summed E-state index contributed by atoms with van der Waals surface area (Å²) in [5.74, 6) is 0. The second-order valence-electron chi connectivity index (χ2n) is 7.25. The number of likely N-dealkylation sites (tertiary alicyclic amines) is 1. The van der Waals surface area contributed by atoms with Crippen LogP contribution in [0.1, 0.15) is 29.6 Å². The highest BCUT2D eigenvalue weighted by Gasteiger charge is 2.24. The van der Waals surface area contributed by atoms with E-state index in [1.807, 2.05) is 35.8 Å². The maximum absolute atomic E-state index is 12.4. The van der Waals surface area contributed by atoms with Crippen LogP contribution in [0.25, 0.3) is 16.0 Å². The van der Waals surface area contributed by atoms with Crippen LogP contribution >= 0.6 is 11.3 Å². The van der Waals surface area contributed by atoms with E-state index in [0.29, 0.717) is 17.2 Å². The molecule has 4 heterocycles. The first-order valence-electron chi connectivity index (χ1n) is 9.36. The number of rotatable bonds is 3. The average molecular weight is 396 g/mol. The number of benzene rings is 1. The van der Waals surface area contributed by atoms with Crippen molar-refractivity contribution >= 4 is 27.3 Å². The van der Waals surface area contributed by atoms with Crippen molar-refractivity contribution in [1.82, 2.24) is 29.0 Å². The van der Waals surface area contributed by atoms with Crippen molar-refractivity contribution < 1.29 is 0 Å². The maximum atomic E-state index is 12.4. The Morgan fingerprint density at radius 2 is 2.00 bits per heavy atom. The van der Waals surface area contributed by atoms with Crippen molar-refractivity contribution in [3.05, 3.63) is 61.9 Å². The number of piperidine rings is 1. The molecule has 9 heteroatoms. The monoisotopic (exact) mass is 396 g/mol. The summed E-state index contributed by atoms with van der Waals surface area (Å²) in [5.41, 5.74) is 2.40. The molecule has 3 aromatic heterocycles. The highest BCUT2D eigenvalue weighted by molar-refractivity contribution is 7.16. The number of para-hydroxylation sites is 2. The first kappa shape index (κ1) is 17.3. The third-order valence-electron chi connectivity index (χ3n) is 5.32. The zero-order valence-electron chi connectivity index (χ0n) is 15.5. The molecule has 0 atom stereocenters.